The number of rotatable bonds is 6. The van der Waals surface area contributed by atoms with E-state index in [1.54, 1.807) is 0 Å². The van der Waals surface area contributed by atoms with E-state index < -0.39 is 5.60 Å². The standard InChI is InChI=1S/C13H23N3O/c1-5-11-8-12(16-10(4)15-11)14-9-13(17,6-2)7-3/h8,17H,5-7,9H2,1-4H3,(H,14,15,16). The Bertz CT molecular complexity index is 362. The van der Waals surface area contributed by atoms with E-state index in [2.05, 4.69) is 22.2 Å². The number of nitrogens with one attached hydrogen (secondary N) is 1. The second kappa shape index (κ2) is 5.96. The molecule has 0 aromatic carbocycles. The SMILES string of the molecule is CCc1cc(NCC(O)(CC)CC)nc(C)n1. The molecule has 0 saturated heterocycles. The van der Waals surface area contributed by atoms with Gasteiger partial charge in [0.05, 0.1) is 5.60 Å². The maximum atomic E-state index is 10.2. The lowest BCUT2D eigenvalue weighted by atomic mass is 9.98. The van der Waals surface area contributed by atoms with Crippen LogP contribution < -0.4 is 5.32 Å². The molecule has 0 aliphatic heterocycles. The van der Waals surface area contributed by atoms with Crippen molar-refractivity contribution in [3.8, 4) is 0 Å². The molecule has 0 bridgehead atoms. The second-order valence-corrected chi connectivity index (χ2v) is 4.43. The van der Waals surface area contributed by atoms with Crippen LogP contribution in [0, 0.1) is 6.92 Å². The van der Waals surface area contributed by atoms with Crippen LogP contribution in [0.2, 0.25) is 0 Å². The monoisotopic (exact) mass is 237 g/mol. The Morgan fingerprint density at radius 2 is 1.88 bits per heavy atom. The van der Waals surface area contributed by atoms with E-state index in [1.165, 1.54) is 0 Å². The van der Waals surface area contributed by atoms with Crippen molar-refractivity contribution in [1.82, 2.24) is 9.97 Å². The quantitative estimate of drug-likeness (QED) is 0.797. The Morgan fingerprint density at radius 1 is 1.24 bits per heavy atom. The van der Waals surface area contributed by atoms with Crippen LogP contribution in [0.4, 0.5) is 5.82 Å². The molecule has 0 aliphatic carbocycles. The van der Waals surface area contributed by atoms with Gasteiger partial charge in [0.15, 0.2) is 0 Å². The predicted molar refractivity (Wildman–Crippen MR) is 70.2 cm³/mol. The Hall–Kier alpha value is -1.16. The van der Waals surface area contributed by atoms with Gasteiger partial charge in [0.25, 0.3) is 0 Å². The summed E-state index contributed by atoms with van der Waals surface area (Å²) in [6.07, 6.45) is 2.37. The number of hydrogen-bond acceptors (Lipinski definition) is 4. The van der Waals surface area contributed by atoms with Gasteiger partial charge in [-0.15, -0.1) is 0 Å². The number of nitrogens with zero attached hydrogens (tertiary/aromatic N) is 2. The van der Waals surface area contributed by atoms with E-state index in [4.69, 9.17) is 0 Å². The molecule has 0 fully saturated rings. The lowest BCUT2D eigenvalue weighted by Crippen LogP contribution is -2.35. The van der Waals surface area contributed by atoms with Gasteiger partial charge >= 0.3 is 0 Å². The van der Waals surface area contributed by atoms with Crippen LogP contribution in [0.5, 0.6) is 0 Å². The zero-order chi connectivity index (χ0) is 12.9. The van der Waals surface area contributed by atoms with Crippen molar-refractivity contribution in [1.29, 1.82) is 0 Å². The van der Waals surface area contributed by atoms with Gasteiger partial charge in [0.2, 0.25) is 0 Å². The number of anilines is 1. The van der Waals surface area contributed by atoms with Gasteiger partial charge in [-0.2, -0.15) is 0 Å². The largest absolute Gasteiger partial charge is 0.388 e. The first-order valence-electron chi connectivity index (χ1n) is 6.33. The summed E-state index contributed by atoms with van der Waals surface area (Å²) >= 11 is 0. The van der Waals surface area contributed by atoms with Gasteiger partial charge in [-0.25, -0.2) is 9.97 Å². The maximum absolute atomic E-state index is 10.2. The summed E-state index contributed by atoms with van der Waals surface area (Å²) in [6, 6.07) is 1.94. The summed E-state index contributed by atoms with van der Waals surface area (Å²) in [6.45, 7) is 8.47. The number of aliphatic hydroxyl groups is 1. The Labute approximate surface area is 103 Å². The third-order valence-electron chi connectivity index (χ3n) is 3.17. The third-order valence-corrected chi connectivity index (χ3v) is 3.17. The van der Waals surface area contributed by atoms with E-state index in [9.17, 15) is 5.11 Å². The van der Waals surface area contributed by atoms with Crippen molar-refractivity contribution < 1.29 is 5.11 Å². The van der Waals surface area contributed by atoms with Gasteiger partial charge in [0.1, 0.15) is 11.6 Å². The Morgan fingerprint density at radius 3 is 2.41 bits per heavy atom. The summed E-state index contributed by atoms with van der Waals surface area (Å²) in [5.41, 5.74) is 0.377. The highest BCUT2D eigenvalue weighted by molar-refractivity contribution is 5.36. The average Bonchev–Trinajstić information content (AvgIpc) is 2.35. The average molecular weight is 237 g/mol. The molecule has 4 nitrogen and oxygen atoms in total. The van der Waals surface area contributed by atoms with Crippen molar-refractivity contribution in [3.05, 3.63) is 17.6 Å². The predicted octanol–water partition coefficient (Wildman–Crippen LogP) is 2.31. The molecule has 1 aromatic rings. The minimum absolute atomic E-state index is 0.527. The molecule has 96 valence electrons. The van der Waals surface area contributed by atoms with Crippen molar-refractivity contribution >= 4 is 5.82 Å². The summed E-state index contributed by atoms with van der Waals surface area (Å²) in [5.74, 6) is 1.57. The topological polar surface area (TPSA) is 58.0 Å². The molecule has 0 amide bonds. The zero-order valence-corrected chi connectivity index (χ0v) is 11.2. The highest BCUT2D eigenvalue weighted by Gasteiger charge is 2.21. The first kappa shape index (κ1) is 13.9. The van der Waals surface area contributed by atoms with E-state index in [0.717, 1.165) is 36.6 Å². The lowest BCUT2D eigenvalue weighted by Gasteiger charge is -2.25. The van der Waals surface area contributed by atoms with Crippen LogP contribution >= 0.6 is 0 Å². The number of aryl methyl sites for hydroxylation is 2. The highest BCUT2D eigenvalue weighted by Crippen LogP contribution is 2.16. The Kier molecular flexibility index (Phi) is 4.87. The van der Waals surface area contributed by atoms with Crippen LogP contribution in [0.15, 0.2) is 6.07 Å². The third kappa shape index (κ3) is 3.97. The van der Waals surface area contributed by atoms with Gasteiger partial charge in [0, 0.05) is 18.3 Å². The van der Waals surface area contributed by atoms with Crippen molar-refractivity contribution in [2.45, 2.75) is 52.6 Å². The Balaban J connectivity index is 2.72. The van der Waals surface area contributed by atoms with Crippen LogP contribution in [-0.2, 0) is 6.42 Å². The van der Waals surface area contributed by atoms with Crippen LogP contribution in [0.1, 0.15) is 45.1 Å². The molecule has 1 aromatic heterocycles. The lowest BCUT2D eigenvalue weighted by molar-refractivity contribution is 0.0456. The highest BCUT2D eigenvalue weighted by atomic mass is 16.3. The molecule has 0 unspecified atom stereocenters. The minimum Gasteiger partial charge on any atom is -0.388 e. The number of aromatic nitrogens is 2. The fourth-order valence-corrected chi connectivity index (χ4v) is 1.66. The first-order chi connectivity index (χ1) is 8.03. The van der Waals surface area contributed by atoms with Crippen molar-refractivity contribution in [2.75, 3.05) is 11.9 Å². The van der Waals surface area contributed by atoms with E-state index in [1.807, 2.05) is 26.8 Å². The summed E-state index contributed by atoms with van der Waals surface area (Å²) in [4.78, 5) is 8.64. The number of hydrogen-bond donors (Lipinski definition) is 2. The molecule has 0 radical (unpaired) electrons. The summed E-state index contributed by atoms with van der Waals surface area (Å²) < 4.78 is 0. The smallest absolute Gasteiger partial charge is 0.130 e. The molecule has 2 N–H and O–H groups in total. The van der Waals surface area contributed by atoms with E-state index >= 15 is 0 Å². The van der Waals surface area contributed by atoms with Crippen LogP contribution in [0.3, 0.4) is 0 Å². The van der Waals surface area contributed by atoms with Crippen LogP contribution in [-0.4, -0.2) is 27.2 Å². The summed E-state index contributed by atoms with van der Waals surface area (Å²) in [5, 5.41) is 13.4. The molecule has 1 heterocycles. The fraction of sp³-hybridized carbons (Fsp3) is 0.692. The molecule has 0 spiro atoms. The zero-order valence-electron chi connectivity index (χ0n) is 11.2. The second-order valence-electron chi connectivity index (χ2n) is 4.43. The summed E-state index contributed by atoms with van der Waals surface area (Å²) in [7, 11) is 0. The van der Waals surface area contributed by atoms with Crippen molar-refractivity contribution in [2.24, 2.45) is 0 Å². The van der Waals surface area contributed by atoms with E-state index in [0.29, 0.717) is 6.54 Å². The first-order valence-corrected chi connectivity index (χ1v) is 6.33. The molecule has 4 heteroatoms. The molecule has 1 rings (SSSR count). The maximum Gasteiger partial charge on any atom is 0.130 e. The van der Waals surface area contributed by atoms with Gasteiger partial charge in [-0.05, 0) is 26.2 Å². The van der Waals surface area contributed by atoms with Crippen LogP contribution in [0.25, 0.3) is 0 Å². The molecule has 0 saturated carbocycles. The molecular weight excluding hydrogens is 214 g/mol. The van der Waals surface area contributed by atoms with E-state index in [-0.39, 0.29) is 0 Å². The fourth-order valence-electron chi connectivity index (χ4n) is 1.66. The normalized spacial score (nSPS) is 11.6. The molecule has 0 atom stereocenters. The van der Waals surface area contributed by atoms with Gasteiger partial charge in [-0.1, -0.05) is 20.8 Å². The van der Waals surface area contributed by atoms with Crippen molar-refractivity contribution in [3.63, 3.8) is 0 Å². The minimum atomic E-state index is -0.648. The van der Waals surface area contributed by atoms with Gasteiger partial charge < -0.3 is 10.4 Å². The van der Waals surface area contributed by atoms with Gasteiger partial charge in [-0.3, -0.25) is 0 Å². The molecule has 17 heavy (non-hydrogen) atoms. The molecule has 0 aliphatic rings. The molecular formula is C13H23N3O.